The maximum atomic E-state index is 12.2. The molecule has 1 saturated carbocycles. The van der Waals surface area contributed by atoms with Crippen molar-refractivity contribution >= 4 is 27.7 Å². The second-order valence-electron chi connectivity index (χ2n) is 7.22. The Balaban J connectivity index is 1.50. The van der Waals surface area contributed by atoms with Crippen LogP contribution in [0.25, 0.3) is 0 Å². The van der Waals surface area contributed by atoms with Gasteiger partial charge in [-0.3, -0.25) is 4.99 Å². The first-order valence-corrected chi connectivity index (χ1v) is 11.6. The minimum Gasteiger partial charge on any atom is -0.355 e. The number of rotatable bonds is 7. The molecule has 1 atom stereocenters. The van der Waals surface area contributed by atoms with E-state index in [9.17, 15) is 8.42 Å². The summed E-state index contributed by atoms with van der Waals surface area (Å²) in [5.74, 6) is 2.00. The van der Waals surface area contributed by atoms with Crippen LogP contribution in [0.3, 0.4) is 0 Å². The Morgan fingerprint density at radius 1 is 1.27 bits per heavy atom. The van der Waals surface area contributed by atoms with Crippen molar-refractivity contribution in [3.8, 4) is 0 Å². The lowest BCUT2D eigenvalue weighted by Gasteiger charge is -2.24. The molecule has 0 amide bonds. The van der Waals surface area contributed by atoms with Gasteiger partial charge in [0.15, 0.2) is 5.96 Å². The molecule has 0 aromatic heterocycles. The second kappa shape index (κ2) is 8.19. The van der Waals surface area contributed by atoms with Crippen molar-refractivity contribution in [3.63, 3.8) is 0 Å². The van der Waals surface area contributed by atoms with Gasteiger partial charge >= 0.3 is 0 Å². The molecule has 0 bridgehead atoms. The van der Waals surface area contributed by atoms with Crippen molar-refractivity contribution in [2.45, 2.75) is 54.8 Å². The predicted octanol–water partition coefficient (Wildman–Crippen LogP) is 2.08. The van der Waals surface area contributed by atoms with E-state index in [0.717, 1.165) is 30.9 Å². The first-order valence-electron chi connectivity index (χ1n) is 9.10. The summed E-state index contributed by atoms with van der Waals surface area (Å²) in [7, 11) is -1.62. The Kier molecular flexibility index (Phi) is 6.14. The van der Waals surface area contributed by atoms with Crippen LogP contribution in [-0.2, 0) is 16.6 Å². The summed E-state index contributed by atoms with van der Waals surface area (Å²) in [6.07, 6.45) is 4.38. The third kappa shape index (κ3) is 5.37. The Hall–Kier alpha value is -1.25. The van der Waals surface area contributed by atoms with Crippen molar-refractivity contribution in [3.05, 3.63) is 29.8 Å². The van der Waals surface area contributed by atoms with Crippen LogP contribution in [0, 0.1) is 0 Å². The summed E-state index contributed by atoms with van der Waals surface area (Å²) < 4.78 is 27.4. The lowest BCUT2D eigenvalue weighted by atomic mass is 10.1. The van der Waals surface area contributed by atoms with E-state index in [2.05, 4.69) is 27.3 Å². The number of aliphatic imine (C=N–C) groups is 1. The SMILES string of the molecule is CN=C(NCc1ccc(S(=O)(=O)NC2CC2)cc1)NCC1(C)CCCS1. The zero-order valence-electron chi connectivity index (χ0n) is 15.4. The van der Waals surface area contributed by atoms with Gasteiger partial charge in [0.2, 0.25) is 10.0 Å². The average Bonchev–Trinajstić information content (AvgIpc) is 3.32. The minimum atomic E-state index is -3.38. The van der Waals surface area contributed by atoms with Gasteiger partial charge in [-0.2, -0.15) is 11.8 Å². The third-order valence-electron chi connectivity index (χ3n) is 4.75. The van der Waals surface area contributed by atoms with Gasteiger partial charge in [-0.25, -0.2) is 13.1 Å². The maximum Gasteiger partial charge on any atom is 0.240 e. The molecule has 0 radical (unpaired) electrons. The second-order valence-corrected chi connectivity index (χ2v) is 10.6. The van der Waals surface area contributed by atoms with Crippen molar-refractivity contribution < 1.29 is 8.42 Å². The normalized spacial score (nSPS) is 23.8. The van der Waals surface area contributed by atoms with Gasteiger partial charge in [-0.15, -0.1) is 0 Å². The van der Waals surface area contributed by atoms with E-state index >= 15 is 0 Å². The number of nitrogens with one attached hydrogen (secondary N) is 3. The summed E-state index contributed by atoms with van der Waals surface area (Å²) in [6.45, 7) is 3.78. The highest BCUT2D eigenvalue weighted by Crippen LogP contribution is 2.36. The monoisotopic (exact) mass is 396 g/mol. The van der Waals surface area contributed by atoms with Crippen LogP contribution in [-0.4, -0.2) is 44.5 Å². The van der Waals surface area contributed by atoms with Gasteiger partial charge in [0.05, 0.1) is 4.90 Å². The number of thioether (sulfide) groups is 1. The molecule has 2 aliphatic rings. The van der Waals surface area contributed by atoms with Crippen LogP contribution in [0.2, 0.25) is 0 Å². The van der Waals surface area contributed by atoms with E-state index in [1.54, 1.807) is 19.2 Å². The smallest absolute Gasteiger partial charge is 0.240 e. The molecule has 3 rings (SSSR count). The summed E-state index contributed by atoms with van der Waals surface area (Å²) in [4.78, 5) is 4.59. The van der Waals surface area contributed by atoms with E-state index in [-0.39, 0.29) is 10.8 Å². The number of hydrogen-bond acceptors (Lipinski definition) is 4. The fourth-order valence-corrected chi connectivity index (χ4v) is 5.48. The summed E-state index contributed by atoms with van der Waals surface area (Å²) >= 11 is 2.02. The summed E-state index contributed by atoms with van der Waals surface area (Å²) in [5.41, 5.74) is 1.01. The highest BCUT2D eigenvalue weighted by Gasteiger charge is 2.29. The van der Waals surface area contributed by atoms with Gasteiger partial charge < -0.3 is 10.6 Å². The highest BCUT2D eigenvalue weighted by atomic mass is 32.2. The van der Waals surface area contributed by atoms with Crippen molar-refractivity contribution in [1.29, 1.82) is 0 Å². The molecule has 3 N–H and O–H groups in total. The Morgan fingerprint density at radius 2 is 2.00 bits per heavy atom. The largest absolute Gasteiger partial charge is 0.355 e. The molecule has 1 aromatic carbocycles. The molecule has 1 aliphatic carbocycles. The lowest BCUT2D eigenvalue weighted by molar-refractivity contribution is 0.581. The quantitative estimate of drug-likeness (QED) is 0.486. The fourth-order valence-electron chi connectivity index (χ4n) is 2.93. The van der Waals surface area contributed by atoms with E-state index in [0.29, 0.717) is 11.4 Å². The number of guanidine groups is 1. The Morgan fingerprint density at radius 3 is 2.58 bits per heavy atom. The molecule has 1 unspecified atom stereocenters. The molecule has 26 heavy (non-hydrogen) atoms. The van der Waals surface area contributed by atoms with E-state index in [4.69, 9.17) is 0 Å². The molecule has 6 nitrogen and oxygen atoms in total. The first kappa shape index (κ1) is 19.5. The minimum absolute atomic E-state index is 0.121. The van der Waals surface area contributed by atoms with Crippen LogP contribution in [0.1, 0.15) is 38.2 Å². The van der Waals surface area contributed by atoms with Gasteiger partial charge in [0.25, 0.3) is 0 Å². The first-order chi connectivity index (χ1) is 12.4. The van der Waals surface area contributed by atoms with Crippen molar-refractivity contribution in [1.82, 2.24) is 15.4 Å². The summed E-state index contributed by atoms with van der Waals surface area (Å²) in [6, 6.07) is 7.13. The fraction of sp³-hybridized carbons (Fsp3) is 0.611. The van der Waals surface area contributed by atoms with Gasteiger partial charge in [0.1, 0.15) is 0 Å². The third-order valence-corrected chi connectivity index (χ3v) is 7.82. The molecule has 0 spiro atoms. The zero-order valence-corrected chi connectivity index (χ0v) is 17.0. The predicted molar refractivity (Wildman–Crippen MR) is 108 cm³/mol. The van der Waals surface area contributed by atoms with Crippen LogP contribution in [0.5, 0.6) is 0 Å². The Labute approximate surface area is 160 Å². The van der Waals surface area contributed by atoms with E-state index in [1.165, 1.54) is 18.6 Å². The molecule has 1 aliphatic heterocycles. The van der Waals surface area contributed by atoms with Crippen LogP contribution < -0.4 is 15.4 Å². The highest BCUT2D eigenvalue weighted by molar-refractivity contribution is 8.00. The topological polar surface area (TPSA) is 82.6 Å². The van der Waals surface area contributed by atoms with E-state index in [1.807, 2.05) is 23.9 Å². The Bertz CT molecular complexity index is 737. The zero-order chi connectivity index (χ0) is 18.6. The number of sulfonamides is 1. The molecule has 1 saturated heterocycles. The average molecular weight is 397 g/mol. The van der Waals surface area contributed by atoms with Gasteiger partial charge in [-0.05, 0) is 56.1 Å². The van der Waals surface area contributed by atoms with Crippen LogP contribution in [0.4, 0.5) is 0 Å². The van der Waals surface area contributed by atoms with Crippen molar-refractivity contribution in [2.24, 2.45) is 4.99 Å². The van der Waals surface area contributed by atoms with Gasteiger partial charge in [0, 0.05) is 30.9 Å². The molecule has 8 heteroatoms. The summed E-state index contributed by atoms with van der Waals surface area (Å²) in [5, 5.41) is 6.69. The molecule has 1 heterocycles. The van der Waals surface area contributed by atoms with Crippen LogP contribution >= 0.6 is 11.8 Å². The molecular weight excluding hydrogens is 368 g/mol. The molecule has 2 fully saturated rings. The molecule has 144 valence electrons. The number of hydrogen-bond donors (Lipinski definition) is 3. The van der Waals surface area contributed by atoms with E-state index < -0.39 is 10.0 Å². The van der Waals surface area contributed by atoms with Crippen molar-refractivity contribution in [2.75, 3.05) is 19.3 Å². The molecular formula is C18H28N4O2S2. The van der Waals surface area contributed by atoms with Crippen LogP contribution in [0.15, 0.2) is 34.2 Å². The van der Waals surface area contributed by atoms with Gasteiger partial charge in [-0.1, -0.05) is 12.1 Å². The lowest BCUT2D eigenvalue weighted by Crippen LogP contribution is -2.43. The number of nitrogens with zero attached hydrogens (tertiary/aromatic N) is 1. The number of benzene rings is 1. The maximum absolute atomic E-state index is 12.2. The standard InChI is InChI=1S/C18H28N4O2S2/c1-18(10-3-11-25-18)13-21-17(19-2)20-12-14-4-8-16(9-5-14)26(23,24)22-15-6-7-15/h4-5,8-9,15,22H,3,6-7,10-13H2,1-2H3,(H2,19,20,21). The molecule has 1 aromatic rings.